The van der Waals surface area contributed by atoms with E-state index >= 15 is 0 Å². The van der Waals surface area contributed by atoms with Gasteiger partial charge in [0.25, 0.3) is 5.91 Å². The molecule has 3 rings (SSSR count). The van der Waals surface area contributed by atoms with E-state index in [4.69, 9.17) is 4.42 Å². The third-order valence-corrected chi connectivity index (χ3v) is 6.43. The fraction of sp³-hybridized carbons (Fsp3) is 0.500. The zero-order valence-electron chi connectivity index (χ0n) is 23.4. The Kier molecular flexibility index (Phi) is 9.78. The molecule has 1 aromatic carbocycles. The van der Waals surface area contributed by atoms with Gasteiger partial charge >= 0.3 is 18.4 Å². The molecular weight excluding hydrogens is 590 g/mol. The van der Waals surface area contributed by atoms with Gasteiger partial charge in [-0.1, -0.05) is 40.5 Å². The predicted molar refractivity (Wildman–Crippen MR) is 138 cm³/mol. The molecule has 0 aliphatic carbocycles. The van der Waals surface area contributed by atoms with Gasteiger partial charge in [-0.15, -0.1) is 10.2 Å². The van der Waals surface area contributed by atoms with Crippen molar-refractivity contribution in [2.75, 3.05) is 5.32 Å². The Hall–Kier alpha value is -4.15. The van der Waals surface area contributed by atoms with Gasteiger partial charge in [-0.25, -0.2) is 4.79 Å². The molecule has 0 bridgehead atoms. The maximum atomic E-state index is 13.4. The molecule has 3 aromatic rings. The first-order valence-corrected chi connectivity index (χ1v) is 13.0. The van der Waals surface area contributed by atoms with Gasteiger partial charge in [0.05, 0.1) is 23.4 Å². The van der Waals surface area contributed by atoms with Crippen LogP contribution in [0, 0.1) is 5.41 Å². The van der Waals surface area contributed by atoms with Gasteiger partial charge < -0.3 is 19.9 Å². The van der Waals surface area contributed by atoms with Crippen molar-refractivity contribution in [2.45, 2.75) is 77.5 Å². The Morgan fingerprint density at radius 3 is 2.12 bits per heavy atom. The number of aliphatic hydroxyl groups is 1. The van der Waals surface area contributed by atoms with Gasteiger partial charge in [0, 0.05) is 11.6 Å². The molecule has 0 aliphatic heterocycles. The van der Waals surface area contributed by atoms with Crippen molar-refractivity contribution in [3.63, 3.8) is 0 Å². The summed E-state index contributed by atoms with van der Waals surface area (Å²) in [5, 5.41) is 37.4. The molecule has 0 radical (unpaired) electrons. The molecule has 0 fully saturated rings. The van der Waals surface area contributed by atoms with Crippen molar-refractivity contribution in [1.82, 2.24) is 25.3 Å². The van der Waals surface area contributed by atoms with Crippen molar-refractivity contribution in [3.05, 3.63) is 47.5 Å². The third-order valence-electron chi connectivity index (χ3n) is 6.43. The molecule has 43 heavy (non-hydrogen) atoms. The van der Waals surface area contributed by atoms with Crippen LogP contribution in [0.15, 0.2) is 34.9 Å². The van der Waals surface area contributed by atoms with Crippen LogP contribution in [0.25, 0.3) is 11.5 Å². The van der Waals surface area contributed by atoms with Crippen LogP contribution in [-0.2, 0) is 17.1 Å². The van der Waals surface area contributed by atoms with E-state index < -0.39 is 76.4 Å². The minimum atomic E-state index is -5.13. The Labute approximate surface area is 241 Å². The maximum absolute atomic E-state index is 13.4. The lowest BCUT2D eigenvalue weighted by atomic mass is 9.83. The minimum absolute atomic E-state index is 0.00346. The molecule has 3 atom stereocenters. The van der Waals surface area contributed by atoms with Crippen molar-refractivity contribution in [3.8, 4) is 11.5 Å². The van der Waals surface area contributed by atoms with Crippen LogP contribution in [0.2, 0.25) is 0 Å². The lowest BCUT2D eigenvalue weighted by Gasteiger charge is -2.42. The minimum Gasteiger partial charge on any atom is -0.465 e. The second-order valence-electron chi connectivity index (χ2n) is 10.8. The maximum Gasteiger partial charge on any atom is 0.416 e. The lowest BCUT2D eigenvalue weighted by Crippen LogP contribution is -2.54. The monoisotopic (exact) mass is 620 g/mol. The number of anilines is 1. The number of carbonyl (C=O) groups is 2. The number of unbranched alkanes of at least 4 members (excludes halogenated alkanes) is 1. The zero-order valence-corrected chi connectivity index (χ0v) is 23.4. The number of halogens is 6. The number of carbonyl (C=O) groups excluding carboxylic acids is 1. The molecule has 0 aliphatic rings. The van der Waals surface area contributed by atoms with Gasteiger partial charge in [-0.2, -0.15) is 31.4 Å². The largest absolute Gasteiger partial charge is 0.465 e. The number of H-pyrrole nitrogens is 1. The van der Waals surface area contributed by atoms with Gasteiger partial charge in [0.2, 0.25) is 11.8 Å². The first-order valence-electron chi connectivity index (χ1n) is 13.0. The number of benzene rings is 1. The fourth-order valence-electron chi connectivity index (χ4n) is 4.46. The number of aromatic nitrogens is 4. The highest BCUT2D eigenvalue weighted by molar-refractivity contribution is 5.94. The SMILES string of the molecule is CCCC[C@@H]([C@@H](O)C(=O)Nc1ccn[nH]1)N(C(=O)O)[C@@H](c1nnc(-c2cc(C(F)(F)F)cc(C(F)(F)F)c2)o1)C(C)(C)C. The molecule has 2 amide bonds. The van der Waals surface area contributed by atoms with Gasteiger partial charge in [-0.3, -0.25) is 14.8 Å². The summed E-state index contributed by atoms with van der Waals surface area (Å²) in [5.74, 6) is -2.03. The molecule has 17 heteroatoms. The fourth-order valence-corrected chi connectivity index (χ4v) is 4.46. The number of aliphatic hydroxyl groups excluding tert-OH is 1. The molecule has 4 N–H and O–H groups in total. The number of nitrogens with one attached hydrogen (secondary N) is 2. The average Bonchev–Trinajstić information content (AvgIpc) is 3.58. The van der Waals surface area contributed by atoms with Crippen LogP contribution < -0.4 is 5.32 Å². The number of amides is 2. The Morgan fingerprint density at radius 2 is 1.65 bits per heavy atom. The Balaban J connectivity index is 2.11. The van der Waals surface area contributed by atoms with Crippen LogP contribution in [0.1, 0.15) is 70.0 Å². The van der Waals surface area contributed by atoms with Crippen molar-refractivity contribution in [1.29, 1.82) is 0 Å². The highest BCUT2D eigenvalue weighted by Crippen LogP contribution is 2.42. The lowest BCUT2D eigenvalue weighted by molar-refractivity contribution is -0.143. The van der Waals surface area contributed by atoms with Gasteiger partial charge in [0.1, 0.15) is 11.9 Å². The predicted octanol–water partition coefficient (Wildman–Crippen LogP) is 6.12. The van der Waals surface area contributed by atoms with E-state index in [1.807, 2.05) is 0 Å². The molecule has 11 nitrogen and oxygen atoms in total. The normalized spacial score (nSPS) is 14.7. The van der Waals surface area contributed by atoms with Crippen molar-refractivity contribution in [2.24, 2.45) is 5.41 Å². The van der Waals surface area contributed by atoms with E-state index in [-0.39, 0.29) is 18.3 Å². The third kappa shape index (κ3) is 8.03. The summed E-state index contributed by atoms with van der Waals surface area (Å²) in [4.78, 5) is 26.4. The average molecular weight is 621 g/mol. The molecule has 0 saturated carbocycles. The number of hydrogen-bond acceptors (Lipinski definition) is 7. The first-order chi connectivity index (χ1) is 19.8. The molecule has 2 aromatic heterocycles. The smallest absolute Gasteiger partial charge is 0.416 e. The zero-order chi connectivity index (χ0) is 32.3. The topological polar surface area (TPSA) is 157 Å². The van der Waals surface area contributed by atoms with E-state index in [9.17, 15) is 46.1 Å². The molecular formula is C26H30F6N6O5. The number of carboxylic acid groups (broad SMARTS) is 1. The van der Waals surface area contributed by atoms with Crippen molar-refractivity contribution >= 4 is 17.8 Å². The van der Waals surface area contributed by atoms with Crippen molar-refractivity contribution < 1.29 is 50.6 Å². The van der Waals surface area contributed by atoms with Crippen LogP contribution in [0.5, 0.6) is 0 Å². The summed E-state index contributed by atoms with van der Waals surface area (Å²) in [6, 6.07) is -0.640. The number of alkyl halides is 6. The van der Waals surface area contributed by atoms with E-state index in [0.29, 0.717) is 25.0 Å². The first kappa shape index (κ1) is 33.4. The highest BCUT2D eigenvalue weighted by Gasteiger charge is 2.46. The second kappa shape index (κ2) is 12.6. The summed E-state index contributed by atoms with van der Waals surface area (Å²) >= 11 is 0. The van der Waals surface area contributed by atoms with E-state index in [0.717, 1.165) is 4.90 Å². The molecule has 236 valence electrons. The number of aromatic amines is 1. The van der Waals surface area contributed by atoms with Crippen LogP contribution in [-0.4, -0.2) is 59.7 Å². The molecule has 2 heterocycles. The highest BCUT2D eigenvalue weighted by atomic mass is 19.4. The summed E-state index contributed by atoms with van der Waals surface area (Å²) in [6.45, 7) is 6.50. The number of hydrogen-bond donors (Lipinski definition) is 4. The summed E-state index contributed by atoms with van der Waals surface area (Å²) in [6.07, 6.45) is -11.5. The van der Waals surface area contributed by atoms with Crippen LogP contribution >= 0.6 is 0 Å². The standard InChI is InChI=1S/C26H30F6N6O5/c1-5-6-7-16(18(39)20(40)34-17-8-9-33-35-17)38(23(41)42)19(24(2,3)4)22-37-36-21(43-22)13-10-14(25(27,28)29)12-15(11-13)26(30,31)32/h8-12,16,18-19,39H,5-7H2,1-4H3,(H,41,42)(H2,33,34,35,40)/t16-,18+,19-/m0/s1. The molecule has 0 spiro atoms. The van der Waals surface area contributed by atoms with E-state index in [1.54, 1.807) is 27.7 Å². The number of rotatable bonds is 10. The van der Waals surface area contributed by atoms with E-state index in [1.165, 1.54) is 12.3 Å². The van der Waals surface area contributed by atoms with Crippen LogP contribution in [0.3, 0.4) is 0 Å². The van der Waals surface area contributed by atoms with E-state index in [2.05, 4.69) is 25.7 Å². The van der Waals surface area contributed by atoms with Gasteiger partial charge in [0.15, 0.2) is 6.10 Å². The quantitative estimate of drug-likeness (QED) is 0.197. The summed E-state index contributed by atoms with van der Waals surface area (Å²) in [7, 11) is 0. The summed E-state index contributed by atoms with van der Waals surface area (Å²) < 4.78 is 86.1. The molecule has 0 unspecified atom stereocenters. The Morgan fingerprint density at radius 1 is 1.05 bits per heavy atom. The number of nitrogens with zero attached hydrogens (tertiary/aromatic N) is 4. The molecule has 0 saturated heterocycles. The second-order valence-corrected chi connectivity index (χ2v) is 10.8. The summed E-state index contributed by atoms with van der Waals surface area (Å²) in [5.41, 5.74) is -5.01. The van der Waals surface area contributed by atoms with Crippen LogP contribution in [0.4, 0.5) is 37.0 Å². The van der Waals surface area contributed by atoms with Gasteiger partial charge in [-0.05, 0) is 30.0 Å². The Bertz CT molecular complexity index is 1370.